The summed E-state index contributed by atoms with van der Waals surface area (Å²) in [6.07, 6.45) is 4.22. The molecule has 1 aliphatic heterocycles. The van der Waals surface area contributed by atoms with E-state index in [4.69, 9.17) is 4.74 Å². The Kier molecular flexibility index (Phi) is 6.97. The number of hydrogen-bond donors (Lipinski definition) is 1. The van der Waals surface area contributed by atoms with Gasteiger partial charge >= 0.3 is 5.97 Å². The number of carbonyl (C=O) groups excluding carboxylic acids is 1. The number of benzene rings is 1. The molecule has 106 valence electrons. The van der Waals surface area contributed by atoms with Crippen molar-refractivity contribution in [1.82, 2.24) is 5.32 Å². The number of piperidine rings is 1. The smallest absolute Gasteiger partial charge is 0.341 e. The molecule has 1 fully saturated rings. The summed E-state index contributed by atoms with van der Waals surface area (Å²) in [4.78, 5) is 11.2. The van der Waals surface area contributed by atoms with Crippen LogP contribution in [0.25, 0.3) is 0 Å². The van der Waals surface area contributed by atoms with Gasteiger partial charge in [-0.05, 0) is 50.6 Å². The van der Waals surface area contributed by atoms with E-state index in [9.17, 15) is 4.79 Å². The van der Waals surface area contributed by atoms with Crippen molar-refractivity contribution in [3.8, 4) is 5.75 Å². The minimum absolute atomic E-state index is 0.378. The van der Waals surface area contributed by atoms with Gasteiger partial charge < -0.3 is 14.8 Å². The zero-order valence-electron chi connectivity index (χ0n) is 12.0. The van der Waals surface area contributed by atoms with E-state index in [2.05, 4.69) is 10.1 Å². The van der Waals surface area contributed by atoms with Gasteiger partial charge in [0.05, 0.1) is 14.2 Å². The van der Waals surface area contributed by atoms with Gasteiger partial charge in [0.25, 0.3) is 0 Å². The van der Waals surface area contributed by atoms with E-state index in [-0.39, 0.29) is 5.97 Å². The van der Waals surface area contributed by atoms with Crippen molar-refractivity contribution >= 4 is 5.97 Å². The van der Waals surface area contributed by atoms with Crippen molar-refractivity contribution in [2.45, 2.75) is 26.2 Å². The normalized spacial score (nSPS) is 14.1. The lowest BCUT2D eigenvalue weighted by atomic mass is 10.1. The molecule has 0 atom stereocenters. The number of methoxy groups -OCH3 is 2. The van der Waals surface area contributed by atoms with E-state index in [1.165, 1.54) is 46.6 Å². The highest BCUT2D eigenvalue weighted by Gasteiger charge is 2.11. The van der Waals surface area contributed by atoms with Gasteiger partial charge in [-0.2, -0.15) is 0 Å². The molecular formula is C15H23NO3. The fourth-order valence-corrected chi connectivity index (χ4v) is 1.88. The molecule has 0 bridgehead atoms. The Hall–Kier alpha value is -1.55. The SMILES string of the molecule is C1CCNCC1.COC(=O)c1ccc(C)cc1OC. The van der Waals surface area contributed by atoms with Crippen LogP contribution in [0.15, 0.2) is 18.2 Å². The third kappa shape index (κ3) is 5.30. The molecule has 19 heavy (non-hydrogen) atoms. The molecule has 0 spiro atoms. The van der Waals surface area contributed by atoms with E-state index in [0.29, 0.717) is 11.3 Å². The van der Waals surface area contributed by atoms with Crippen molar-refractivity contribution in [2.75, 3.05) is 27.3 Å². The maximum Gasteiger partial charge on any atom is 0.341 e. The lowest BCUT2D eigenvalue weighted by Gasteiger charge is -2.08. The van der Waals surface area contributed by atoms with Gasteiger partial charge in [0.15, 0.2) is 0 Å². The lowest BCUT2D eigenvalue weighted by Crippen LogP contribution is -2.21. The van der Waals surface area contributed by atoms with Crippen LogP contribution in [-0.2, 0) is 4.74 Å². The Labute approximate surface area is 115 Å². The second-order valence-corrected chi connectivity index (χ2v) is 4.51. The van der Waals surface area contributed by atoms with Gasteiger partial charge in [0, 0.05) is 0 Å². The summed E-state index contributed by atoms with van der Waals surface area (Å²) < 4.78 is 9.65. The van der Waals surface area contributed by atoms with E-state index in [0.717, 1.165) is 5.56 Å². The maximum absolute atomic E-state index is 11.2. The molecule has 2 rings (SSSR count). The molecule has 0 aliphatic carbocycles. The van der Waals surface area contributed by atoms with Gasteiger partial charge in [-0.3, -0.25) is 0 Å². The molecule has 0 aromatic heterocycles. The second-order valence-electron chi connectivity index (χ2n) is 4.51. The highest BCUT2D eigenvalue weighted by molar-refractivity contribution is 5.92. The molecule has 1 heterocycles. The molecule has 0 amide bonds. The van der Waals surface area contributed by atoms with Crippen molar-refractivity contribution < 1.29 is 14.3 Å². The summed E-state index contributed by atoms with van der Waals surface area (Å²) in [5, 5.41) is 3.28. The first-order valence-electron chi connectivity index (χ1n) is 6.62. The van der Waals surface area contributed by atoms with Crippen molar-refractivity contribution in [1.29, 1.82) is 0 Å². The first kappa shape index (κ1) is 15.5. The molecule has 1 saturated heterocycles. The molecule has 1 aromatic rings. The van der Waals surface area contributed by atoms with Crippen LogP contribution in [0, 0.1) is 6.92 Å². The molecule has 1 N–H and O–H groups in total. The highest BCUT2D eigenvalue weighted by Crippen LogP contribution is 2.20. The molecule has 1 aromatic carbocycles. The van der Waals surface area contributed by atoms with Crippen LogP contribution < -0.4 is 10.1 Å². The number of esters is 1. The quantitative estimate of drug-likeness (QED) is 0.835. The third-order valence-corrected chi connectivity index (χ3v) is 2.97. The standard InChI is InChI=1S/C10H12O3.C5H11N/c1-7-4-5-8(10(11)13-3)9(6-7)12-2;1-2-4-6-5-3-1/h4-6H,1-3H3;6H,1-5H2. The van der Waals surface area contributed by atoms with Gasteiger partial charge in [-0.1, -0.05) is 12.5 Å². The fraction of sp³-hybridized carbons (Fsp3) is 0.533. The zero-order chi connectivity index (χ0) is 14.1. The molecular weight excluding hydrogens is 242 g/mol. The summed E-state index contributed by atoms with van der Waals surface area (Å²) in [5.41, 5.74) is 1.50. The number of hydrogen-bond acceptors (Lipinski definition) is 4. The Morgan fingerprint density at radius 1 is 1.16 bits per heavy atom. The van der Waals surface area contributed by atoms with Crippen LogP contribution >= 0.6 is 0 Å². The summed E-state index contributed by atoms with van der Waals surface area (Å²) in [6, 6.07) is 5.33. The van der Waals surface area contributed by atoms with E-state index in [1.54, 1.807) is 12.1 Å². The Bertz CT molecular complexity index is 389. The van der Waals surface area contributed by atoms with Gasteiger partial charge in [-0.15, -0.1) is 0 Å². The summed E-state index contributed by atoms with van der Waals surface area (Å²) in [7, 11) is 2.88. The largest absolute Gasteiger partial charge is 0.496 e. The number of carbonyl (C=O) groups is 1. The van der Waals surface area contributed by atoms with Gasteiger partial charge in [0.1, 0.15) is 11.3 Å². The van der Waals surface area contributed by atoms with Crippen LogP contribution in [-0.4, -0.2) is 33.3 Å². The second kappa shape index (κ2) is 8.53. The third-order valence-electron chi connectivity index (χ3n) is 2.97. The van der Waals surface area contributed by atoms with Crippen LogP contribution in [0.5, 0.6) is 5.75 Å². The summed E-state index contributed by atoms with van der Waals surface area (Å²) in [5.74, 6) is 0.170. The maximum atomic E-state index is 11.2. The molecule has 1 aliphatic rings. The Morgan fingerprint density at radius 2 is 1.84 bits per heavy atom. The number of ether oxygens (including phenoxy) is 2. The van der Waals surface area contributed by atoms with Crippen LogP contribution in [0.3, 0.4) is 0 Å². The number of nitrogens with one attached hydrogen (secondary N) is 1. The van der Waals surface area contributed by atoms with Crippen LogP contribution in [0.2, 0.25) is 0 Å². The number of rotatable bonds is 2. The van der Waals surface area contributed by atoms with Gasteiger partial charge in [0.2, 0.25) is 0 Å². The minimum atomic E-state index is -0.378. The van der Waals surface area contributed by atoms with Crippen molar-refractivity contribution in [3.63, 3.8) is 0 Å². The topological polar surface area (TPSA) is 47.6 Å². The van der Waals surface area contributed by atoms with Crippen molar-refractivity contribution in [3.05, 3.63) is 29.3 Å². The summed E-state index contributed by atoms with van der Waals surface area (Å²) >= 11 is 0. The fourth-order valence-electron chi connectivity index (χ4n) is 1.88. The first-order valence-corrected chi connectivity index (χ1v) is 6.62. The predicted octanol–water partition coefficient (Wildman–Crippen LogP) is 2.55. The van der Waals surface area contributed by atoms with Crippen molar-refractivity contribution in [2.24, 2.45) is 0 Å². The lowest BCUT2D eigenvalue weighted by molar-refractivity contribution is 0.0597. The molecule has 0 saturated carbocycles. The first-order chi connectivity index (χ1) is 9.19. The average Bonchev–Trinajstić information content (AvgIpc) is 2.48. The van der Waals surface area contributed by atoms with Gasteiger partial charge in [-0.25, -0.2) is 4.79 Å². The van der Waals surface area contributed by atoms with Crippen LogP contribution in [0.1, 0.15) is 35.2 Å². The van der Waals surface area contributed by atoms with Crippen LogP contribution in [0.4, 0.5) is 0 Å². The molecule has 4 nitrogen and oxygen atoms in total. The average molecular weight is 265 g/mol. The Morgan fingerprint density at radius 3 is 2.26 bits per heavy atom. The molecule has 0 radical (unpaired) electrons. The highest BCUT2D eigenvalue weighted by atomic mass is 16.5. The minimum Gasteiger partial charge on any atom is -0.496 e. The Balaban J connectivity index is 0.000000250. The molecule has 0 unspecified atom stereocenters. The van der Waals surface area contributed by atoms with E-state index >= 15 is 0 Å². The number of aryl methyl sites for hydroxylation is 1. The monoisotopic (exact) mass is 265 g/mol. The summed E-state index contributed by atoms with van der Waals surface area (Å²) in [6.45, 7) is 4.43. The zero-order valence-corrected chi connectivity index (χ0v) is 12.0. The van der Waals surface area contributed by atoms with E-state index in [1.807, 2.05) is 13.0 Å². The molecule has 4 heteroatoms. The predicted molar refractivity (Wildman–Crippen MR) is 75.8 cm³/mol. The van der Waals surface area contributed by atoms with E-state index < -0.39 is 0 Å².